The molecule has 4 nitrogen and oxygen atoms in total. The zero-order valence-electron chi connectivity index (χ0n) is 11.1. The molecular formula is C13H26N4. The summed E-state index contributed by atoms with van der Waals surface area (Å²) < 4.78 is 0. The average Bonchev–Trinajstić information content (AvgIpc) is 3.14. The van der Waals surface area contributed by atoms with Gasteiger partial charge in [0.2, 0.25) is 0 Å². The van der Waals surface area contributed by atoms with Crippen LogP contribution in [0.4, 0.5) is 0 Å². The maximum atomic E-state index is 3.79. The number of nitrogens with one attached hydrogen (secondary N) is 1. The Labute approximate surface area is 105 Å². The Morgan fingerprint density at radius 1 is 0.824 bits per heavy atom. The van der Waals surface area contributed by atoms with Gasteiger partial charge in [0.05, 0.1) is 0 Å². The molecule has 2 saturated heterocycles. The molecule has 0 aromatic carbocycles. The number of likely N-dealkylation sites (N-methyl/N-ethyl adjacent to an activating group) is 1. The van der Waals surface area contributed by atoms with Gasteiger partial charge < -0.3 is 10.2 Å². The number of hydrogen-bond donors (Lipinski definition) is 1. The van der Waals surface area contributed by atoms with Crippen LogP contribution in [0.25, 0.3) is 0 Å². The van der Waals surface area contributed by atoms with Gasteiger partial charge in [-0.25, -0.2) is 10.0 Å². The van der Waals surface area contributed by atoms with Crippen LogP contribution in [0.2, 0.25) is 0 Å². The molecule has 1 aliphatic carbocycles. The van der Waals surface area contributed by atoms with E-state index in [0.29, 0.717) is 0 Å². The number of rotatable bonds is 3. The van der Waals surface area contributed by atoms with Gasteiger partial charge in [0.1, 0.15) is 0 Å². The minimum atomic E-state index is 0.746. The predicted molar refractivity (Wildman–Crippen MR) is 69.8 cm³/mol. The molecular weight excluding hydrogens is 212 g/mol. The Morgan fingerprint density at radius 3 is 2.29 bits per heavy atom. The van der Waals surface area contributed by atoms with Crippen molar-refractivity contribution in [3.63, 3.8) is 0 Å². The van der Waals surface area contributed by atoms with Gasteiger partial charge in [0.25, 0.3) is 0 Å². The second-order valence-corrected chi connectivity index (χ2v) is 5.95. The lowest BCUT2D eigenvalue weighted by Gasteiger charge is -2.44. The molecule has 3 rings (SSSR count). The molecule has 17 heavy (non-hydrogen) atoms. The van der Waals surface area contributed by atoms with Crippen LogP contribution in [0.3, 0.4) is 0 Å². The van der Waals surface area contributed by atoms with Crippen LogP contribution in [0.15, 0.2) is 0 Å². The molecule has 4 heteroatoms. The maximum absolute atomic E-state index is 3.79. The molecule has 0 aromatic heterocycles. The van der Waals surface area contributed by atoms with Gasteiger partial charge in [-0.15, -0.1) is 0 Å². The lowest BCUT2D eigenvalue weighted by molar-refractivity contribution is -0.0716. The summed E-state index contributed by atoms with van der Waals surface area (Å²) >= 11 is 0. The molecule has 0 spiro atoms. The second kappa shape index (κ2) is 5.22. The van der Waals surface area contributed by atoms with E-state index in [0.717, 1.165) is 12.1 Å². The lowest BCUT2D eigenvalue weighted by Crippen LogP contribution is -2.58. The van der Waals surface area contributed by atoms with Crippen LogP contribution < -0.4 is 5.32 Å². The molecule has 0 amide bonds. The van der Waals surface area contributed by atoms with Gasteiger partial charge in [0.15, 0.2) is 0 Å². The molecule has 3 aliphatic rings. The van der Waals surface area contributed by atoms with E-state index in [-0.39, 0.29) is 0 Å². The average molecular weight is 238 g/mol. The van der Waals surface area contributed by atoms with Crippen LogP contribution in [-0.4, -0.2) is 73.3 Å². The molecule has 2 aliphatic heterocycles. The van der Waals surface area contributed by atoms with Gasteiger partial charge in [-0.1, -0.05) is 0 Å². The summed E-state index contributed by atoms with van der Waals surface area (Å²) in [5.41, 5.74) is 0. The number of piperidine rings is 1. The highest BCUT2D eigenvalue weighted by atomic mass is 15.6. The van der Waals surface area contributed by atoms with Crippen molar-refractivity contribution in [1.29, 1.82) is 0 Å². The van der Waals surface area contributed by atoms with Crippen molar-refractivity contribution < 1.29 is 0 Å². The summed E-state index contributed by atoms with van der Waals surface area (Å²) in [5.74, 6) is 0. The standard InChI is InChI=1S/C13H26N4/c1-15-7-9-16(10-8-15)17-6-2-3-13(11-17)14-12-4-5-12/h12-14H,2-11H2,1H3. The Morgan fingerprint density at radius 2 is 1.59 bits per heavy atom. The minimum absolute atomic E-state index is 0.746. The van der Waals surface area contributed by atoms with Crippen molar-refractivity contribution in [1.82, 2.24) is 20.2 Å². The predicted octanol–water partition coefficient (Wildman–Crippen LogP) is 0.365. The zero-order chi connectivity index (χ0) is 11.7. The van der Waals surface area contributed by atoms with Gasteiger partial charge >= 0.3 is 0 Å². The third kappa shape index (κ3) is 3.19. The number of piperazine rings is 1. The molecule has 1 unspecified atom stereocenters. The van der Waals surface area contributed by atoms with E-state index >= 15 is 0 Å². The summed E-state index contributed by atoms with van der Waals surface area (Å²) in [7, 11) is 2.23. The molecule has 3 fully saturated rings. The highest BCUT2D eigenvalue weighted by Gasteiger charge is 2.30. The highest BCUT2D eigenvalue weighted by Crippen LogP contribution is 2.22. The van der Waals surface area contributed by atoms with Crippen molar-refractivity contribution in [3.8, 4) is 0 Å². The lowest BCUT2D eigenvalue weighted by atomic mass is 10.1. The van der Waals surface area contributed by atoms with Crippen molar-refractivity contribution in [2.24, 2.45) is 0 Å². The smallest absolute Gasteiger partial charge is 0.0287 e. The van der Waals surface area contributed by atoms with Gasteiger partial charge in [-0.05, 0) is 32.7 Å². The fourth-order valence-corrected chi connectivity index (χ4v) is 3.01. The molecule has 98 valence electrons. The zero-order valence-corrected chi connectivity index (χ0v) is 11.1. The van der Waals surface area contributed by atoms with E-state index in [9.17, 15) is 0 Å². The van der Waals surface area contributed by atoms with Crippen molar-refractivity contribution in [2.45, 2.75) is 37.8 Å². The second-order valence-electron chi connectivity index (χ2n) is 5.95. The Hall–Kier alpha value is -0.160. The highest BCUT2D eigenvalue weighted by molar-refractivity contribution is 4.88. The van der Waals surface area contributed by atoms with Crippen molar-refractivity contribution in [2.75, 3.05) is 46.3 Å². The third-order valence-electron chi connectivity index (χ3n) is 4.33. The Kier molecular flexibility index (Phi) is 3.66. The Bertz CT molecular complexity index is 246. The number of hydrogen-bond acceptors (Lipinski definition) is 4. The molecule has 0 aromatic rings. The SMILES string of the molecule is CN1CCN(N2CCCC(NC3CC3)C2)CC1. The van der Waals surface area contributed by atoms with Crippen molar-refractivity contribution in [3.05, 3.63) is 0 Å². The van der Waals surface area contributed by atoms with Gasteiger partial charge in [0, 0.05) is 51.4 Å². The molecule has 1 N–H and O–H groups in total. The quantitative estimate of drug-likeness (QED) is 0.766. The van der Waals surface area contributed by atoms with E-state index in [4.69, 9.17) is 0 Å². The normalized spacial score (nSPS) is 34.1. The molecule has 2 heterocycles. The van der Waals surface area contributed by atoms with E-state index in [1.807, 2.05) is 0 Å². The fourth-order valence-electron chi connectivity index (χ4n) is 3.01. The Balaban J connectivity index is 1.48. The molecule has 1 atom stereocenters. The topological polar surface area (TPSA) is 21.8 Å². The summed E-state index contributed by atoms with van der Waals surface area (Å²) in [6, 6.07) is 1.60. The van der Waals surface area contributed by atoms with E-state index in [2.05, 4.69) is 27.3 Å². The van der Waals surface area contributed by atoms with Gasteiger partial charge in [-0.3, -0.25) is 0 Å². The monoisotopic (exact) mass is 238 g/mol. The van der Waals surface area contributed by atoms with E-state index < -0.39 is 0 Å². The first-order valence-corrected chi connectivity index (χ1v) is 7.25. The number of nitrogens with zero attached hydrogens (tertiary/aromatic N) is 3. The van der Waals surface area contributed by atoms with E-state index in [1.165, 1.54) is 65.0 Å². The van der Waals surface area contributed by atoms with E-state index in [1.54, 1.807) is 0 Å². The first kappa shape index (κ1) is 11.9. The molecule has 0 bridgehead atoms. The molecule has 1 saturated carbocycles. The maximum Gasteiger partial charge on any atom is 0.0287 e. The fraction of sp³-hybridized carbons (Fsp3) is 1.00. The largest absolute Gasteiger partial charge is 0.310 e. The van der Waals surface area contributed by atoms with Crippen LogP contribution in [-0.2, 0) is 0 Å². The van der Waals surface area contributed by atoms with Crippen LogP contribution in [0.1, 0.15) is 25.7 Å². The first-order chi connectivity index (χ1) is 8.31. The summed E-state index contributed by atoms with van der Waals surface area (Å²) in [5, 5.41) is 8.98. The van der Waals surface area contributed by atoms with Crippen molar-refractivity contribution >= 4 is 0 Å². The van der Waals surface area contributed by atoms with Crippen LogP contribution >= 0.6 is 0 Å². The summed E-state index contributed by atoms with van der Waals surface area (Å²) in [6.07, 6.45) is 5.55. The van der Waals surface area contributed by atoms with Gasteiger partial charge in [-0.2, -0.15) is 0 Å². The van der Waals surface area contributed by atoms with Crippen LogP contribution in [0, 0.1) is 0 Å². The minimum Gasteiger partial charge on any atom is -0.310 e. The summed E-state index contributed by atoms with van der Waals surface area (Å²) in [6.45, 7) is 7.38. The first-order valence-electron chi connectivity index (χ1n) is 7.25. The third-order valence-corrected chi connectivity index (χ3v) is 4.33. The molecule has 0 radical (unpaired) electrons. The number of hydrazine groups is 1. The van der Waals surface area contributed by atoms with Crippen LogP contribution in [0.5, 0.6) is 0 Å². The summed E-state index contributed by atoms with van der Waals surface area (Å²) in [4.78, 5) is 2.43.